The molecule has 4 fully saturated rings. The van der Waals surface area contributed by atoms with E-state index in [-0.39, 0.29) is 10.8 Å². The lowest BCUT2D eigenvalue weighted by Crippen LogP contribution is -2.55. The van der Waals surface area contributed by atoms with Gasteiger partial charge in [-0.05, 0) is 169 Å². The van der Waals surface area contributed by atoms with Gasteiger partial charge in [0.15, 0.2) is 0 Å². The Labute approximate surface area is 378 Å². The average molecular weight is 824 g/mol. The SMILES string of the molecule is CC(C)(C)c1ccc2c(c1)C1(c3ccccc3-c3ccc(N(c4ccccc4)c4cccc5c4-c4ccccc4C54C5CC6CC(C5)CC4C6)cc31)c1c(-c3ccccc3)cccc1-2. The number of nitrogens with zero attached hydrogens (tertiary/aromatic N) is 1. The zero-order valence-electron chi connectivity index (χ0n) is 37.1. The van der Waals surface area contributed by atoms with Gasteiger partial charge >= 0.3 is 0 Å². The molecule has 2 spiro atoms. The van der Waals surface area contributed by atoms with Gasteiger partial charge in [0.1, 0.15) is 0 Å². The van der Waals surface area contributed by atoms with E-state index in [1.165, 1.54) is 121 Å². The summed E-state index contributed by atoms with van der Waals surface area (Å²) in [5, 5.41) is 0. The summed E-state index contributed by atoms with van der Waals surface area (Å²) in [6, 6.07) is 70.6. The van der Waals surface area contributed by atoms with Gasteiger partial charge in [0.2, 0.25) is 0 Å². The van der Waals surface area contributed by atoms with Crippen molar-refractivity contribution in [2.45, 2.75) is 69.1 Å². The van der Waals surface area contributed by atoms with Gasteiger partial charge in [-0.1, -0.05) is 172 Å². The van der Waals surface area contributed by atoms with Crippen LogP contribution in [0, 0.1) is 23.7 Å². The molecule has 0 aliphatic heterocycles. The summed E-state index contributed by atoms with van der Waals surface area (Å²) in [5.41, 5.74) is 24.1. The summed E-state index contributed by atoms with van der Waals surface area (Å²) < 4.78 is 0. The number of benzene rings is 8. The van der Waals surface area contributed by atoms with Crippen LogP contribution in [0.1, 0.15) is 91.8 Å². The minimum absolute atomic E-state index is 0.0151. The first-order chi connectivity index (χ1) is 31.3. The van der Waals surface area contributed by atoms with Crippen LogP contribution in [-0.2, 0) is 16.2 Å². The highest BCUT2D eigenvalue weighted by atomic mass is 15.1. The average Bonchev–Trinajstić information content (AvgIpc) is 3.91. The van der Waals surface area contributed by atoms with Crippen molar-refractivity contribution in [2.75, 3.05) is 4.90 Å². The first kappa shape index (κ1) is 37.0. The van der Waals surface area contributed by atoms with Crippen molar-refractivity contribution in [1.82, 2.24) is 0 Å². The third kappa shape index (κ3) is 4.70. The highest BCUT2D eigenvalue weighted by molar-refractivity contribution is 6.01. The van der Waals surface area contributed by atoms with Crippen LogP contribution in [0.4, 0.5) is 17.1 Å². The lowest BCUT2D eigenvalue weighted by molar-refractivity contribution is -0.0399. The number of anilines is 3. The number of hydrogen-bond acceptors (Lipinski definition) is 1. The predicted octanol–water partition coefficient (Wildman–Crippen LogP) is 16.2. The highest BCUT2D eigenvalue weighted by Gasteiger charge is 2.62. The molecule has 1 atom stereocenters. The predicted molar refractivity (Wildman–Crippen MR) is 265 cm³/mol. The molecule has 0 saturated heterocycles. The highest BCUT2D eigenvalue weighted by Crippen LogP contribution is 2.71. The van der Waals surface area contributed by atoms with E-state index in [2.05, 4.69) is 208 Å². The van der Waals surface area contributed by atoms with Crippen molar-refractivity contribution in [3.8, 4) is 44.5 Å². The first-order valence-corrected chi connectivity index (χ1v) is 24.0. The number of fused-ring (bicyclic) bond motifs is 13. The Balaban J connectivity index is 1.06. The van der Waals surface area contributed by atoms with Crippen molar-refractivity contribution in [1.29, 1.82) is 0 Å². The molecule has 7 aliphatic rings. The van der Waals surface area contributed by atoms with Crippen molar-refractivity contribution in [3.05, 3.63) is 221 Å². The molecule has 1 unspecified atom stereocenters. The molecule has 8 aromatic rings. The lowest BCUT2D eigenvalue weighted by atomic mass is 9.43. The van der Waals surface area contributed by atoms with Crippen LogP contribution < -0.4 is 4.90 Å². The van der Waals surface area contributed by atoms with Crippen LogP contribution >= 0.6 is 0 Å². The van der Waals surface area contributed by atoms with E-state index in [4.69, 9.17) is 0 Å². The Bertz CT molecular complexity index is 3190. The van der Waals surface area contributed by atoms with E-state index in [0.717, 1.165) is 11.8 Å². The van der Waals surface area contributed by atoms with E-state index in [1.807, 2.05) is 0 Å². The quantitative estimate of drug-likeness (QED) is 0.171. The summed E-state index contributed by atoms with van der Waals surface area (Å²) >= 11 is 0. The summed E-state index contributed by atoms with van der Waals surface area (Å²) in [4.78, 5) is 2.62. The Morgan fingerprint density at radius 1 is 0.422 bits per heavy atom. The van der Waals surface area contributed by atoms with Gasteiger partial charge in [-0.3, -0.25) is 0 Å². The van der Waals surface area contributed by atoms with Gasteiger partial charge in [-0.15, -0.1) is 0 Å². The van der Waals surface area contributed by atoms with Crippen molar-refractivity contribution < 1.29 is 0 Å². The van der Waals surface area contributed by atoms with Gasteiger partial charge in [0.05, 0.1) is 11.1 Å². The Hall–Kier alpha value is -6.44. The van der Waals surface area contributed by atoms with Gasteiger partial charge in [-0.2, -0.15) is 0 Å². The second-order valence-electron chi connectivity index (χ2n) is 21.2. The van der Waals surface area contributed by atoms with Crippen molar-refractivity contribution in [2.24, 2.45) is 23.7 Å². The van der Waals surface area contributed by atoms with Crippen LogP contribution in [0.25, 0.3) is 44.5 Å². The van der Waals surface area contributed by atoms with Crippen LogP contribution in [-0.4, -0.2) is 0 Å². The maximum absolute atomic E-state index is 2.62. The fourth-order valence-corrected chi connectivity index (χ4v) is 15.1. The Morgan fingerprint density at radius 2 is 0.984 bits per heavy atom. The molecule has 8 aromatic carbocycles. The first-order valence-electron chi connectivity index (χ1n) is 24.0. The third-order valence-electron chi connectivity index (χ3n) is 17.2. The van der Waals surface area contributed by atoms with Crippen LogP contribution in [0.3, 0.4) is 0 Å². The van der Waals surface area contributed by atoms with Gasteiger partial charge < -0.3 is 4.90 Å². The minimum atomic E-state index is -0.529. The molecule has 0 aromatic heterocycles. The van der Waals surface area contributed by atoms with Crippen LogP contribution in [0.2, 0.25) is 0 Å². The van der Waals surface area contributed by atoms with Crippen molar-refractivity contribution in [3.63, 3.8) is 0 Å². The van der Waals surface area contributed by atoms with Crippen LogP contribution in [0.5, 0.6) is 0 Å². The van der Waals surface area contributed by atoms with E-state index in [0.29, 0.717) is 11.8 Å². The van der Waals surface area contributed by atoms with Crippen LogP contribution in [0.15, 0.2) is 182 Å². The minimum Gasteiger partial charge on any atom is -0.310 e. The topological polar surface area (TPSA) is 3.24 Å². The molecule has 0 radical (unpaired) electrons. The molecule has 1 heteroatoms. The number of para-hydroxylation sites is 1. The smallest absolute Gasteiger partial charge is 0.0732 e. The molecule has 310 valence electrons. The van der Waals surface area contributed by atoms with Gasteiger partial charge in [0, 0.05) is 22.4 Å². The molecule has 1 nitrogen and oxygen atoms in total. The molecule has 4 bridgehead atoms. The lowest BCUT2D eigenvalue weighted by Gasteiger charge is -2.61. The summed E-state index contributed by atoms with van der Waals surface area (Å²) in [6.45, 7) is 7.07. The van der Waals surface area contributed by atoms with Gasteiger partial charge in [-0.25, -0.2) is 0 Å². The van der Waals surface area contributed by atoms with E-state index < -0.39 is 5.41 Å². The maximum Gasteiger partial charge on any atom is 0.0732 e. The molecule has 7 aliphatic carbocycles. The molecule has 0 heterocycles. The van der Waals surface area contributed by atoms with E-state index in [1.54, 1.807) is 11.1 Å². The standard InChI is InChI=1S/C63H53N/c1-61(2,3)42-28-30-50-51-23-14-22-47(41-16-6-4-7-17-41)60(51)63(56(50)37-42)53-24-12-10-20-48(53)49-31-29-46(38-57(49)63)64(45-18-8-5-9-19-45)58-27-15-26-55-59(58)52-21-11-13-25-54(52)62(55)43-33-39-32-40(35-43)36-44(62)34-39/h4-31,37-40,43-44H,32-36H2,1-3H3. The monoisotopic (exact) mass is 823 g/mol. The molecule has 0 N–H and O–H groups in total. The molecule has 64 heavy (non-hydrogen) atoms. The molecular weight excluding hydrogens is 771 g/mol. The second-order valence-corrected chi connectivity index (χ2v) is 21.2. The van der Waals surface area contributed by atoms with E-state index >= 15 is 0 Å². The Morgan fingerprint density at radius 3 is 1.73 bits per heavy atom. The molecule has 4 saturated carbocycles. The zero-order valence-corrected chi connectivity index (χ0v) is 37.1. The molecular formula is C63H53N. The largest absolute Gasteiger partial charge is 0.310 e. The third-order valence-corrected chi connectivity index (χ3v) is 17.2. The fraction of sp³-hybridized carbons (Fsp3) is 0.238. The fourth-order valence-electron chi connectivity index (χ4n) is 15.1. The number of hydrogen-bond donors (Lipinski definition) is 0. The molecule has 15 rings (SSSR count). The van der Waals surface area contributed by atoms with Crippen molar-refractivity contribution >= 4 is 17.1 Å². The Kier molecular flexibility index (Phi) is 7.56. The summed E-state index contributed by atoms with van der Waals surface area (Å²) in [7, 11) is 0. The normalized spacial score (nSPS) is 24.6. The summed E-state index contributed by atoms with van der Waals surface area (Å²) in [5.74, 6) is 3.24. The van der Waals surface area contributed by atoms with Gasteiger partial charge in [0.25, 0.3) is 0 Å². The number of rotatable bonds is 4. The second kappa shape index (κ2) is 13.1. The zero-order chi connectivity index (χ0) is 42.5. The molecule has 0 amide bonds. The maximum atomic E-state index is 2.62. The van der Waals surface area contributed by atoms with E-state index in [9.17, 15) is 0 Å². The summed E-state index contributed by atoms with van der Waals surface area (Å²) in [6.07, 6.45) is 6.98.